The Morgan fingerprint density at radius 2 is 0.845 bits per heavy atom. The van der Waals surface area contributed by atoms with Crippen molar-refractivity contribution >= 4 is 90.9 Å². The van der Waals surface area contributed by atoms with E-state index in [0.717, 1.165) is 99.7 Å². The van der Waals surface area contributed by atoms with Crippen LogP contribution in [-0.4, -0.2) is 6.54 Å². The van der Waals surface area contributed by atoms with Crippen molar-refractivity contribution in [1.29, 1.82) is 0 Å². The molecular weight excluding hydrogens is 806 g/mol. The average Bonchev–Trinajstić information content (AvgIpc) is 3.18. The number of benzene rings is 6. The minimum atomic E-state index is 0. The number of hydrazine groups is 1. The van der Waals surface area contributed by atoms with Crippen LogP contribution in [0.1, 0.15) is 38.5 Å². The number of pyridine rings is 2. The number of anilines is 4. The van der Waals surface area contributed by atoms with Crippen molar-refractivity contribution in [2.75, 3.05) is 35.0 Å². The van der Waals surface area contributed by atoms with Gasteiger partial charge >= 0.3 is 0 Å². The van der Waals surface area contributed by atoms with Crippen molar-refractivity contribution in [1.82, 2.24) is 5.43 Å². The number of nitrogens with two attached hydrogens (primary N) is 4. The van der Waals surface area contributed by atoms with Crippen molar-refractivity contribution in [2.24, 2.45) is 0 Å². The van der Waals surface area contributed by atoms with Gasteiger partial charge in [0.2, 0.25) is 16.7 Å². The Hall–Kier alpha value is -5.22. The first-order valence-electron chi connectivity index (χ1n) is 19.0. The molecule has 0 saturated heterocycles. The van der Waals surface area contributed by atoms with Crippen LogP contribution in [0.5, 0.6) is 0 Å². The van der Waals surface area contributed by atoms with E-state index in [9.17, 15) is 0 Å². The van der Waals surface area contributed by atoms with Gasteiger partial charge in [-0.2, -0.15) is 9.99 Å². The molecule has 10 N–H and O–H groups in total. The van der Waals surface area contributed by atoms with Crippen molar-refractivity contribution in [3.8, 4) is 22.5 Å². The van der Waals surface area contributed by atoms with E-state index >= 15 is 0 Å². The standard InChI is InChI=1S/C46H46N8.4ClH/c47-33-17-21-37-39-23-19-35(49)29-43(39)53(45(41(37)27-33)31-13-7-5-8-14-31)26-12-4-2-1-3-11-25-51-52-54-44-30-36(50)20-24-40(44)38-22-18-34(48)28-42(38)46(54)32-15-9-6-10-16-32;;;;/h5-10,13-24,27-30,49-52H,1-4,11-12,25-26,47-48H2;4*1H. The molecule has 8 nitrogen and oxygen atoms in total. The smallest absolute Gasteiger partial charge is 0.252 e. The first-order chi connectivity index (χ1) is 26.5. The molecule has 6 aromatic carbocycles. The van der Waals surface area contributed by atoms with E-state index in [-0.39, 0.29) is 49.6 Å². The maximum atomic E-state index is 6.37. The Balaban J connectivity index is 0.00000186. The Morgan fingerprint density at radius 1 is 0.414 bits per heavy atom. The van der Waals surface area contributed by atoms with Crippen LogP contribution in [-0.2, 0) is 6.54 Å². The number of hydrogen-bond acceptors (Lipinski definition) is 6. The zero-order chi connectivity index (χ0) is 37.0. The van der Waals surface area contributed by atoms with Crippen molar-refractivity contribution in [2.45, 2.75) is 45.1 Å². The van der Waals surface area contributed by atoms with E-state index in [0.29, 0.717) is 5.69 Å². The summed E-state index contributed by atoms with van der Waals surface area (Å²) in [5, 5.41) is 6.86. The third kappa shape index (κ3) is 9.39. The fourth-order valence-corrected chi connectivity index (χ4v) is 7.91. The zero-order valence-corrected chi connectivity index (χ0v) is 35.3. The van der Waals surface area contributed by atoms with Gasteiger partial charge in [0, 0.05) is 69.7 Å². The van der Waals surface area contributed by atoms with E-state index in [4.69, 9.17) is 22.9 Å². The van der Waals surface area contributed by atoms with Crippen LogP contribution >= 0.6 is 24.8 Å². The van der Waals surface area contributed by atoms with E-state index in [1.165, 1.54) is 34.9 Å². The summed E-state index contributed by atoms with van der Waals surface area (Å²) < 4.78 is 4.57. The molecule has 0 fully saturated rings. The molecule has 8 aromatic rings. The molecule has 0 aliphatic heterocycles. The lowest BCUT2D eigenvalue weighted by Gasteiger charge is -2.14. The first-order valence-corrected chi connectivity index (χ1v) is 19.0. The molecule has 8 rings (SSSR count). The lowest BCUT2D eigenvalue weighted by Crippen LogP contribution is -3.00. The summed E-state index contributed by atoms with van der Waals surface area (Å²) in [6.45, 7) is 1.72. The number of aromatic nitrogens is 2. The van der Waals surface area contributed by atoms with Crippen LogP contribution in [0.4, 0.5) is 22.7 Å². The Bertz CT molecular complexity index is 2440. The van der Waals surface area contributed by atoms with Gasteiger partial charge in [-0.25, -0.2) is 0 Å². The molecular formula is C46H50Cl4N8. The van der Waals surface area contributed by atoms with Gasteiger partial charge in [0.1, 0.15) is 6.54 Å². The van der Waals surface area contributed by atoms with E-state index in [2.05, 4.69) is 117 Å². The molecule has 0 saturated carbocycles. The van der Waals surface area contributed by atoms with Crippen LogP contribution in [0.2, 0.25) is 0 Å². The SMILES string of the molecule is Cl.Cl.Nc1ccc2c(c1)c(-c1ccccc1)[n+](CCCCCCCCNN[n+]1c(-c3ccccc3)c3cc(N)ccc3c3ccc(N)cc31)c1cc(N)ccc21.[Cl-].[Cl-]. The Morgan fingerprint density at radius 3 is 1.41 bits per heavy atom. The largest absolute Gasteiger partial charge is 1.00 e. The highest BCUT2D eigenvalue weighted by molar-refractivity contribution is 6.11. The zero-order valence-electron chi connectivity index (χ0n) is 32.1. The van der Waals surface area contributed by atoms with Gasteiger partial charge in [-0.05, 0) is 85.6 Å². The van der Waals surface area contributed by atoms with Gasteiger partial charge in [-0.3, -0.25) is 0 Å². The predicted octanol–water partition coefficient (Wildman–Crippen LogP) is 3.48. The second kappa shape index (κ2) is 20.5. The van der Waals surface area contributed by atoms with Gasteiger partial charge < -0.3 is 47.7 Å². The number of nitrogens with zero attached hydrogens (tertiary/aromatic N) is 2. The summed E-state index contributed by atoms with van der Waals surface area (Å²) in [5.74, 6) is 0. The summed E-state index contributed by atoms with van der Waals surface area (Å²) in [6.07, 6.45) is 6.77. The fourth-order valence-electron chi connectivity index (χ4n) is 7.91. The number of hydrogen-bond donors (Lipinski definition) is 6. The monoisotopic (exact) mass is 854 g/mol. The predicted molar refractivity (Wildman–Crippen MR) is 241 cm³/mol. The number of rotatable bonds is 13. The third-order valence-electron chi connectivity index (χ3n) is 10.5. The minimum Gasteiger partial charge on any atom is -1.00 e. The summed E-state index contributed by atoms with van der Waals surface area (Å²) in [5.41, 5.74) is 42.0. The number of fused-ring (bicyclic) bond motifs is 6. The summed E-state index contributed by atoms with van der Waals surface area (Å²) in [6, 6.07) is 45.7. The number of halogens is 4. The summed E-state index contributed by atoms with van der Waals surface area (Å²) in [4.78, 5) is 0. The van der Waals surface area contributed by atoms with Crippen molar-refractivity contribution < 1.29 is 34.1 Å². The minimum absolute atomic E-state index is 0. The van der Waals surface area contributed by atoms with Crippen LogP contribution in [0.3, 0.4) is 0 Å². The quantitative estimate of drug-likeness (QED) is 0.0346. The van der Waals surface area contributed by atoms with Gasteiger partial charge in [0.05, 0.1) is 21.5 Å². The van der Waals surface area contributed by atoms with Crippen LogP contribution in [0.25, 0.3) is 65.9 Å². The van der Waals surface area contributed by atoms with Crippen LogP contribution in [0.15, 0.2) is 133 Å². The Kier molecular flexibility index (Phi) is 16.0. The number of aryl methyl sites for hydroxylation is 1. The summed E-state index contributed by atoms with van der Waals surface area (Å²) in [7, 11) is 0. The molecule has 0 radical (unpaired) electrons. The maximum Gasteiger partial charge on any atom is 0.252 e. The Labute approximate surface area is 364 Å². The maximum absolute atomic E-state index is 6.37. The number of nitrogen functional groups attached to an aromatic ring is 4. The fraction of sp³-hybridized carbons (Fsp3) is 0.174. The first kappa shape index (κ1) is 45.5. The van der Waals surface area contributed by atoms with Gasteiger partial charge in [-0.1, -0.05) is 72.5 Å². The highest BCUT2D eigenvalue weighted by Crippen LogP contribution is 2.35. The molecule has 0 bridgehead atoms. The van der Waals surface area contributed by atoms with Gasteiger partial charge in [0.15, 0.2) is 0 Å². The van der Waals surface area contributed by atoms with Crippen molar-refractivity contribution in [3.63, 3.8) is 0 Å². The second-order valence-electron chi connectivity index (χ2n) is 14.2. The third-order valence-corrected chi connectivity index (χ3v) is 10.5. The normalized spacial score (nSPS) is 10.8. The molecule has 12 heteroatoms. The molecule has 58 heavy (non-hydrogen) atoms. The molecule has 302 valence electrons. The highest BCUT2D eigenvalue weighted by atomic mass is 35.5. The van der Waals surface area contributed by atoms with Crippen molar-refractivity contribution in [3.05, 3.63) is 133 Å². The topological polar surface area (TPSA) is 136 Å². The molecule has 0 aliphatic carbocycles. The van der Waals surface area contributed by atoms with E-state index < -0.39 is 0 Å². The highest BCUT2D eigenvalue weighted by Gasteiger charge is 2.25. The molecule has 0 unspecified atom stereocenters. The average molecular weight is 857 g/mol. The summed E-state index contributed by atoms with van der Waals surface area (Å²) >= 11 is 0. The van der Waals surface area contributed by atoms with Crippen LogP contribution < -0.4 is 68.0 Å². The van der Waals surface area contributed by atoms with Crippen LogP contribution in [0, 0.1) is 0 Å². The molecule has 0 atom stereocenters. The van der Waals surface area contributed by atoms with Gasteiger partial charge in [-0.15, -0.1) is 30.3 Å². The number of nitrogens with one attached hydrogen (secondary N) is 2. The second-order valence-corrected chi connectivity index (χ2v) is 14.2. The lowest BCUT2D eigenvalue weighted by atomic mass is 9.98. The molecule has 0 spiro atoms. The molecule has 0 amide bonds. The molecule has 2 heterocycles. The van der Waals surface area contributed by atoms with E-state index in [1.54, 1.807) is 0 Å². The molecule has 0 aliphatic rings. The van der Waals surface area contributed by atoms with E-state index in [1.807, 2.05) is 36.4 Å². The number of unbranched alkanes of at least 4 members (excludes halogenated alkanes) is 5. The lowest BCUT2D eigenvalue weighted by molar-refractivity contribution is -0.659. The molecule has 2 aromatic heterocycles. The van der Waals surface area contributed by atoms with Gasteiger partial charge in [0.25, 0.3) is 5.69 Å².